The van der Waals surface area contributed by atoms with Crippen LogP contribution in [-0.4, -0.2) is 16.9 Å². The lowest BCUT2D eigenvalue weighted by molar-refractivity contribution is 0.0930. The number of amides is 1. The number of hydrogen-bond donors (Lipinski definition) is 1. The highest BCUT2D eigenvalue weighted by molar-refractivity contribution is 5.92. The van der Waals surface area contributed by atoms with Crippen molar-refractivity contribution >= 4 is 5.91 Å². The summed E-state index contributed by atoms with van der Waals surface area (Å²) in [5, 5.41) is 11.9. The van der Waals surface area contributed by atoms with Gasteiger partial charge in [-0.25, -0.2) is 4.98 Å². The standard InChI is InChI=1S/C15H19N3O/c1-10-11(9-16)4-5-13(17-10)14(19)18-12-6-7-15(2,3)8-12/h4-5,12H,6-8H2,1-3H3,(H,18,19). The predicted molar refractivity (Wildman–Crippen MR) is 72.6 cm³/mol. The van der Waals surface area contributed by atoms with Gasteiger partial charge in [-0.1, -0.05) is 13.8 Å². The Kier molecular flexibility index (Phi) is 3.57. The van der Waals surface area contributed by atoms with Crippen LogP contribution in [0.25, 0.3) is 0 Å². The smallest absolute Gasteiger partial charge is 0.270 e. The molecule has 0 aliphatic heterocycles. The van der Waals surface area contributed by atoms with E-state index in [4.69, 9.17) is 5.26 Å². The molecule has 1 aromatic rings. The Bertz CT molecular complexity index is 543. The number of rotatable bonds is 2. The van der Waals surface area contributed by atoms with Gasteiger partial charge >= 0.3 is 0 Å². The molecule has 4 heteroatoms. The normalized spacial score (nSPS) is 20.8. The Morgan fingerprint density at radius 1 is 1.53 bits per heavy atom. The molecule has 0 spiro atoms. The van der Waals surface area contributed by atoms with E-state index in [2.05, 4.69) is 30.2 Å². The number of nitrogens with zero attached hydrogens (tertiary/aromatic N) is 2. The Hall–Kier alpha value is -1.89. The number of carbonyl (C=O) groups excluding carboxylic acids is 1. The Balaban J connectivity index is 2.05. The third-order valence-electron chi connectivity index (χ3n) is 3.74. The minimum atomic E-state index is -0.143. The van der Waals surface area contributed by atoms with Gasteiger partial charge in [0.25, 0.3) is 5.91 Å². The molecule has 1 unspecified atom stereocenters. The number of carbonyl (C=O) groups is 1. The topological polar surface area (TPSA) is 65.8 Å². The maximum absolute atomic E-state index is 12.1. The molecule has 19 heavy (non-hydrogen) atoms. The molecule has 0 bridgehead atoms. The number of pyridine rings is 1. The summed E-state index contributed by atoms with van der Waals surface area (Å²) in [4.78, 5) is 16.3. The van der Waals surface area contributed by atoms with Crippen LogP contribution in [0.2, 0.25) is 0 Å². The van der Waals surface area contributed by atoms with Gasteiger partial charge in [0, 0.05) is 6.04 Å². The molecule has 2 rings (SSSR count). The zero-order valence-corrected chi connectivity index (χ0v) is 11.7. The van der Waals surface area contributed by atoms with Gasteiger partial charge in [0.15, 0.2) is 0 Å². The van der Waals surface area contributed by atoms with Crippen molar-refractivity contribution in [2.45, 2.75) is 46.1 Å². The summed E-state index contributed by atoms with van der Waals surface area (Å²) in [5.41, 5.74) is 1.81. The van der Waals surface area contributed by atoms with E-state index in [-0.39, 0.29) is 11.9 Å². The summed E-state index contributed by atoms with van der Waals surface area (Å²) in [6, 6.07) is 5.55. The van der Waals surface area contributed by atoms with Crippen LogP contribution in [0, 0.1) is 23.7 Å². The first-order valence-corrected chi connectivity index (χ1v) is 6.60. The second-order valence-electron chi connectivity index (χ2n) is 6.02. The van der Waals surface area contributed by atoms with Crippen LogP contribution in [-0.2, 0) is 0 Å². The van der Waals surface area contributed by atoms with Crippen molar-refractivity contribution in [2.75, 3.05) is 0 Å². The van der Waals surface area contributed by atoms with Crippen molar-refractivity contribution in [3.05, 3.63) is 29.1 Å². The first-order valence-electron chi connectivity index (χ1n) is 6.60. The van der Waals surface area contributed by atoms with Crippen molar-refractivity contribution in [1.82, 2.24) is 10.3 Å². The molecule has 1 atom stereocenters. The number of aryl methyl sites for hydroxylation is 1. The van der Waals surface area contributed by atoms with Gasteiger partial charge in [0.2, 0.25) is 0 Å². The maximum atomic E-state index is 12.1. The SMILES string of the molecule is Cc1nc(C(=O)NC2CCC(C)(C)C2)ccc1C#N. The van der Waals surface area contributed by atoms with Crippen molar-refractivity contribution in [1.29, 1.82) is 5.26 Å². The minimum Gasteiger partial charge on any atom is -0.348 e. The quantitative estimate of drug-likeness (QED) is 0.885. The highest BCUT2D eigenvalue weighted by Gasteiger charge is 2.31. The predicted octanol–water partition coefficient (Wildman–Crippen LogP) is 2.57. The summed E-state index contributed by atoms with van der Waals surface area (Å²) in [6.07, 6.45) is 3.17. The van der Waals surface area contributed by atoms with E-state index in [9.17, 15) is 4.79 Å². The molecule has 1 saturated carbocycles. The second-order valence-corrected chi connectivity index (χ2v) is 6.02. The molecule has 1 fully saturated rings. The third-order valence-corrected chi connectivity index (χ3v) is 3.74. The van der Waals surface area contributed by atoms with E-state index in [1.807, 2.05) is 0 Å². The number of nitriles is 1. The fourth-order valence-corrected chi connectivity index (χ4v) is 2.62. The van der Waals surface area contributed by atoms with Gasteiger partial charge in [-0.3, -0.25) is 4.79 Å². The zero-order chi connectivity index (χ0) is 14.0. The fraction of sp³-hybridized carbons (Fsp3) is 0.533. The monoisotopic (exact) mass is 257 g/mol. The summed E-state index contributed by atoms with van der Waals surface area (Å²) >= 11 is 0. The minimum absolute atomic E-state index is 0.143. The molecule has 1 heterocycles. The molecule has 0 aromatic carbocycles. The average molecular weight is 257 g/mol. The molecular formula is C15H19N3O. The van der Waals surface area contributed by atoms with Crippen molar-refractivity contribution in [3.63, 3.8) is 0 Å². The summed E-state index contributed by atoms with van der Waals surface area (Å²) in [5.74, 6) is -0.143. The molecule has 1 aliphatic rings. The summed E-state index contributed by atoms with van der Waals surface area (Å²) in [7, 11) is 0. The van der Waals surface area contributed by atoms with Crippen LogP contribution < -0.4 is 5.32 Å². The van der Waals surface area contributed by atoms with E-state index >= 15 is 0 Å². The van der Waals surface area contributed by atoms with Crippen LogP contribution in [0.15, 0.2) is 12.1 Å². The largest absolute Gasteiger partial charge is 0.348 e. The van der Waals surface area contributed by atoms with Crippen LogP contribution in [0.1, 0.15) is 54.9 Å². The lowest BCUT2D eigenvalue weighted by atomic mass is 9.92. The van der Waals surface area contributed by atoms with Gasteiger partial charge in [-0.05, 0) is 43.7 Å². The van der Waals surface area contributed by atoms with E-state index < -0.39 is 0 Å². The van der Waals surface area contributed by atoms with Crippen molar-refractivity contribution in [3.8, 4) is 6.07 Å². The van der Waals surface area contributed by atoms with E-state index in [1.54, 1.807) is 19.1 Å². The fourth-order valence-electron chi connectivity index (χ4n) is 2.62. The number of aromatic nitrogens is 1. The lowest BCUT2D eigenvalue weighted by Gasteiger charge is -2.17. The first kappa shape index (κ1) is 13.5. The first-order chi connectivity index (χ1) is 8.91. The summed E-state index contributed by atoms with van der Waals surface area (Å²) < 4.78 is 0. The van der Waals surface area contributed by atoms with Gasteiger partial charge in [0.1, 0.15) is 11.8 Å². The van der Waals surface area contributed by atoms with Crippen LogP contribution >= 0.6 is 0 Å². The lowest BCUT2D eigenvalue weighted by Crippen LogP contribution is -2.34. The van der Waals surface area contributed by atoms with Gasteiger partial charge in [-0.15, -0.1) is 0 Å². The van der Waals surface area contributed by atoms with Crippen LogP contribution in [0.3, 0.4) is 0 Å². The number of hydrogen-bond acceptors (Lipinski definition) is 3. The van der Waals surface area contributed by atoms with E-state index in [1.165, 1.54) is 0 Å². The van der Waals surface area contributed by atoms with Gasteiger partial charge in [0.05, 0.1) is 11.3 Å². The highest BCUT2D eigenvalue weighted by atomic mass is 16.1. The van der Waals surface area contributed by atoms with Crippen LogP contribution in [0.5, 0.6) is 0 Å². The van der Waals surface area contributed by atoms with Crippen LogP contribution in [0.4, 0.5) is 0 Å². The molecule has 1 N–H and O–H groups in total. The number of nitrogens with one attached hydrogen (secondary N) is 1. The summed E-state index contributed by atoms with van der Waals surface area (Å²) in [6.45, 7) is 6.19. The molecular weight excluding hydrogens is 238 g/mol. The Morgan fingerprint density at radius 2 is 2.26 bits per heavy atom. The molecule has 1 aliphatic carbocycles. The molecule has 1 aromatic heterocycles. The van der Waals surface area contributed by atoms with Crippen molar-refractivity contribution < 1.29 is 4.79 Å². The van der Waals surface area contributed by atoms with E-state index in [0.29, 0.717) is 22.4 Å². The average Bonchev–Trinajstić information content (AvgIpc) is 2.68. The Labute approximate surface area is 113 Å². The Morgan fingerprint density at radius 3 is 2.79 bits per heavy atom. The zero-order valence-electron chi connectivity index (χ0n) is 11.7. The molecule has 0 radical (unpaired) electrons. The van der Waals surface area contributed by atoms with Gasteiger partial charge in [-0.2, -0.15) is 5.26 Å². The highest BCUT2D eigenvalue weighted by Crippen LogP contribution is 2.36. The third kappa shape index (κ3) is 3.11. The van der Waals surface area contributed by atoms with E-state index in [0.717, 1.165) is 19.3 Å². The molecule has 0 saturated heterocycles. The molecule has 100 valence electrons. The molecule has 4 nitrogen and oxygen atoms in total. The second kappa shape index (κ2) is 5.00. The molecule has 1 amide bonds. The maximum Gasteiger partial charge on any atom is 0.270 e. The van der Waals surface area contributed by atoms with Crippen molar-refractivity contribution in [2.24, 2.45) is 5.41 Å². The van der Waals surface area contributed by atoms with Gasteiger partial charge < -0.3 is 5.32 Å².